The van der Waals surface area contributed by atoms with E-state index in [0.29, 0.717) is 11.9 Å². The summed E-state index contributed by atoms with van der Waals surface area (Å²) in [5, 5.41) is 7.10. The van der Waals surface area contributed by atoms with Crippen LogP contribution in [0.3, 0.4) is 0 Å². The van der Waals surface area contributed by atoms with Crippen LogP contribution in [0.2, 0.25) is 0 Å². The molecule has 0 amide bonds. The molecule has 2 atom stereocenters. The van der Waals surface area contributed by atoms with E-state index in [1.54, 1.807) is 14.2 Å². The number of thioether (sulfide) groups is 1. The highest BCUT2D eigenvalue weighted by atomic mass is 32.2. The van der Waals surface area contributed by atoms with Crippen molar-refractivity contribution in [3.63, 3.8) is 0 Å². The largest absolute Gasteiger partial charge is 0.383 e. The van der Waals surface area contributed by atoms with E-state index in [2.05, 4.69) is 53.7 Å². The molecule has 0 aromatic heterocycles. The Labute approximate surface area is 126 Å². The van der Waals surface area contributed by atoms with Crippen LogP contribution in [-0.2, 0) is 4.74 Å². The van der Waals surface area contributed by atoms with Gasteiger partial charge >= 0.3 is 0 Å². The molecule has 1 aromatic carbocycles. The summed E-state index contributed by atoms with van der Waals surface area (Å²) in [6.45, 7) is 5.79. The Morgan fingerprint density at radius 3 is 2.60 bits per heavy atom. The number of nitrogens with zero attached hydrogens (tertiary/aromatic N) is 1. The van der Waals surface area contributed by atoms with Crippen molar-refractivity contribution in [2.75, 3.05) is 27.3 Å². The van der Waals surface area contributed by atoms with Gasteiger partial charge in [-0.2, -0.15) is 0 Å². The lowest BCUT2D eigenvalue weighted by Gasteiger charge is -2.19. The maximum Gasteiger partial charge on any atom is 0.191 e. The Morgan fingerprint density at radius 1 is 1.30 bits per heavy atom. The Kier molecular flexibility index (Phi) is 8.14. The number of guanidine groups is 1. The maximum absolute atomic E-state index is 5.10. The minimum Gasteiger partial charge on any atom is -0.383 e. The van der Waals surface area contributed by atoms with Crippen molar-refractivity contribution < 1.29 is 4.74 Å². The second kappa shape index (κ2) is 9.66. The van der Waals surface area contributed by atoms with Gasteiger partial charge < -0.3 is 15.4 Å². The van der Waals surface area contributed by atoms with E-state index in [0.717, 1.165) is 12.5 Å². The number of hydrogen-bond donors (Lipinski definition) is 2. The monoisotopic (exact) mass is 295 g/mol. The zero-order chi connectivity index (χ0) is 14.8. The number of aliphatic imine (C=N–C) groups is 1. The molecule has 0 aliphatic carbocycles. The van der Waals surface area contributed by atoms with Crippen LogP contribution < -0.4 is 10.6 Å². The first kappa shape index (κ1) is 16.9. The number of rotatable bonds is 7. The third-order valence-electron chi connectivity index (χ3n) is 2.66. The van der Waals surface area contributed by atoms with Crippen molar-refractivity contribution in [2.24, 2.45) is 4.99 Å². The molecule has 0 radical (unpaired) electrons. The molecule has 0 aliphatic rings. The van der Waals surface area contributed by atoms with Crippen molar-refractivity contribution in [1.29, 1.82) is 0 Å². The number of methoxy groups -OCH3 is 1. The van der Waals surface area contributed by atoms with Gasteiger partial charge in [0.25, 0.3) is 0 Å². The molecule has 0 saturated heterocycles. The predicted octanol–water partition coefficient (Wildman–Crippen LogP) is 2.37. The number of benzene rings is 1. The summed E-state index contributed by atoms with van der Waals surface area (Å²) in [5.41, 5.74) is 0. The smallest absolute Gasteiger partial charge is 0.191 e. The number of hydrogen-bond acceptors (Lipinski definition) is 3. The molecule has 2 N–H and O–H groups in total. The van der Waals surface area contributed by atoms with Crippen molar-refractivity contribution in [3.05, 3.63) is 30.3 Å². The van der Waals surface area contributed by atoms with Crippen molar-refractivity contribution in [3.8, 4) is 0 Å². The first-order valence-electron chi connectivity index (χ1n) is 6.83. The number of nitrogens with one attached hydrogen (secondary N) is 2. The average Bonchev–Trinajstić information content (AvgIpc) is 2.44. The molecule has 2 unspecified atom stereocenters. The Hall–Kier alpha value is -1.20. The molecular formula is C15H25N3OS. The van der Waals surface area contributed by atoms with E-state index in [4.69, 9.17) is 4.74 Å². The highest BCUT2D eigenvalue weighted by Gasteiger charge is 2.07. The van der Waals surface area contributed by atoms with Gasteiger partial charge in [-0.3, -0.25) is 4.99 Å². The highest BCUT2D eigenvalue weighted by molar-refractivity contribution is 8.00. The Morgan fingerprint density at radius 2 is 2.00 bits per heavy atom. The van der Waals surface area contributed by atoms with Gasteiger partial charge in [-0.15, -0.1) is 11.8 Å². The van der Waals surface area contributed by atoms with Gasteiger partial charge in [-0.05, 0) is 19.1 Å². The van der Waals surface area contributed by atoms with Crippen molar-refractivity contribution in [2.45, 2.75) is 30.0 Å². The van der Waals surface area contributed by atoms with Gasteiger partial charge in [0.1, 0.15) is 0 Å². The van der Waals surface area contributed by atoms with Gasteiger partial charge in [0, 0.05) is 36.9 Å². The summed E-state index contributed by atoms with van der Waals surface area (Å²) in [6, 6.07) is 10.7. The molecule has 1 aromatic rings. The van der Waals surface area contributed by atoms with E-state index in [-0.39, 0.29) is 6.04 Å². The summed E-state index contributed by atoms with van der Waals surface area (Å²) in [4.78, 5) is 5.51. The fourth-order valence-corrected chi connectivity index (χ4v) is 2.68. The molecule has 0 bridgehead atoms. The molecule has 0 heterocycles. The molecule has 4 nitrogen and oxygen atoms in total. The van der Waals surface area contributed by atoms with Crippen molar-refractivity contribution >= 4 is 17.7 Å². The Balaban J connectivity index is 2.33. The lowest BCUT2D eigenvalue weighted by atomic mass is 10.4. The minimum absolute atomic E-state index is 0.239. The average molecular weight is 295 g/mol. The van der Waals surface area contributed by atoms with Gasteiger partial charge in [-0.25, -0.2) is 0 Å². The van der Waals surface area contributed by atoms with E-state index >= 15 is 0 Å². The molecular weight excluding hydrogens is 270 g/mol. The Bertz CT molecular complexity index is 397. The van der Waals surface area contributed by atoms with Crippen molar-refractivity contribution in [1.82, 2.24) is 10.6 Å². The first-order valence-corrected chi connectivity index (χ1v) is 7.71. The summed E-state index contributed by atoms with van der Waals surface area (Å²) < 4.78 is 5.10. The highest BCUT2D eigenvalue weighted by Crippen LogP contribution is 2.21. The second-order valence-electron chi connectivity index (χ2n) is 4.70. The number of ether oxygens (including phenoxy) is 1. The van der Waals surface area contributed by atoms with E-state index in [1.807, 2.05) is 17.8 Å². The molecule has 112 valence electrons. The molecule has 1 rings (SSSR count). The summed E-state index contributed by atoms with van der Waals surface area (Å²) in [5.74, 6) is 0.815. The molecule has 0 fully saturated rings. The van der Waals surface area contributed by atoms with E-state index in [9.17, 15) is 0 Å². The maximum atomic E-state index is 5.10. The van der Waals surface area contributed by atoms with Crippen LogP contribution in [0, 0.1) is 0 Å². The zero-order valence-electron chi connectivity index (χ0n) is 12.7. The predicted molar refractivity (Wildman–Crippen MR) is 87.6 cm³/mol. The van der Waals surface area contributed by atoms with Gasteiger partial charge in [-0.1, -0.05) is 25.1 Å². The molecule has 0 saturated carbocycles. The summed E-state index contributed by atoms with van der Waals surface area (Å²) in [7, 11) is 3.48. The third-order valence-corrected chi connectivity index (χ3v) is 3.77. The fraction of sp³-hybridized carbons (Fsp3) is 0.533. The van der Waals surface area contributed by atoms with E-state index < -0.39 is 0 Å². The molecule has 20 heavy (non-hydrogen) atoms. The van der Waals surface area contributed by atoms with Crippen LogP contribution in [0.4, 0.5) is 0 Å². The van der Waals surface area contributed by atoms with Gasteiger partial charge in [0.05, 0.1) is 6.61 Å². The summed E-state index contributed by atoms with van der Waals surface area (Å²) in [6.07, 6.45) is 0. The van der Waals surface area contributed by atoms with E-state index in [1.165, 1.54) is 4.90 Å². The first-order chi connectivity index (χ1) is 9.65. The molecule has 0 aliphatic heterocycles. The standard InChI is InChI=1S/C15H25N3OS/c1-12(11-19-4)18-15(16-3)17-10-13(2)20-14-8-6-5-7-9-14/h5-9,12-13H,10-11H2,1-4H3,(H2,16,17,18). The topological polar surface area (TPSA) is 45.7 Å². The van der Waals surface area contributed by atoms with Crippen LogP contribution in [0.5, 0.6) is 0 Å². The SMILES string of the molecule is CN=C(NCC(C)Sc1ccccc1)NC(C)COC. The molecule has 5 heteroatoms. The lowest BCUT2D eigenvalue weighted by Crippen LogP contribution is -2.45. The van der Waals surface area contributed by atoms with Gasteiger partial charge in [0.2, 0.25) is 0 Å². The van der Waals surface area contributed by atoms with Crippen LogP contribution in [0.15, 0.2) is 40.2 Å². The molecule has 0 spiro atoms. The quantitative estimate of drug-likeness (QED) is 0.460. The second-order valence-corrected chi connectivity index (χ2v) is 6.21. The van der Waals surface area contributed by atoms with Crippen LogP contribution in [-0.4, -0.2) is 44.6 Å². The normalized spacial score (nSPS) is 14.7. The third kappa shape index (κ3) is 6.82. The van der Waals surface area contributed by atoms with Crippen LogP contribution in [0.1, 0.15) is 13.8 Å². The van der Waals surface area contributed by atoms with Crippen LogP contribution >= 0.6 is 11.8 Å². The fourth-order valence-electron chi connectivity index (χ4n) is 1.73. The minimum atomic E-state index is 0.239. The van der Waals surface area contributed by atoms with Crippen LogP contribution in [0.25, 0.3) is 0 Å². The summed E-state index contributed by atoms with van der Waals surface area (Å²) >= 11 is 1.86. The van der Waals surface area contributed by atoms with Gasteiger partial charge in [0.15, 0.2) is 5.96 Å². The lowest BCUT2D eigenvalue weighted by molar-refractivity contribution is 0.179. The zero-order valence-corrected chi connectivity index (χ0v) is 13.5.